The number of rotatable bonds is 3. The highest BCUT2D eigenvalue weighted by molar-refractivity contribution is 5.48. The molecule has 1 aliphatic heterocycles. The van der Waals surface area contributed by atoms with Gasteiger partial charge < -0.3 is 15.4 Å². The zero-order valence-electron chi connectivity index (χ0n) is 11.2. The van der Waals surface area contributed by atoms with Crippen LogP contribution in [0.2, 0.25) is 0 Å². The third-order valence-electron chi connectivity index (χ3n) is 3.38. The van der Waals surface area contributed by atoms with Gasteiger partial charge in [0.2, 0.25) is 0 Å². The largest absolute Gasteiger partial charge is 0.494 e. The van der Waals surface area contributed by atoms with Gasteiger partial charge in [-0.05, 0) is 45.4 Å². The van der Waals surface area contributed by atoms with E-state index in [1.165, 1.54) is 13.2 Å². The molecule has 1 aromatic carbocycles. The number of nitrogens with one attached hydrogen (secondary N) is 2. The van der Waals surface area contributed by atoms with Crippen LogP contribution in [0.5, 0.6) is 5.75 Å². The maximum absolute atomic E-state index is 13.6. The molecule has 1 fully saturated rings. The quantitative estimate of drug-likeness (QED) is 0.868. The van der Waals surface area contributed by atoms with Gasteiger partial charge in [-0.15, -0.1) is 0 Å². The van der Waals surface area contributed by atoms with E-state index in [4.69, 9.17) is 4.74 Å². The standard InChI is InChI=1S/C14H21FN2O/c1-14(2)9-11(6-7-16-14)17-10-4-5-13(18-3)12(15)8-10/h4-5,8,11,16-17H,6-7,9H2,1-3H3. The molecule has 4 heteroatoms. The molecule has 1 aliphatic rings. The molecular weight excluding hydrogens is 231 g/mol. The molecule has 100 valence electrons. The highest BCUT2D eigenvalue weighted by Gasteiger charge is 2.27. The van der Waals surface area contributed by atoms with Gasteiger partial charge >= 0.3 is 0 Å². The van der Waals surface area contributed by atoms with Crippen molar-refractivity contribution in [2.45, 2.75) is 38.3 Å². The minimum Gasteiger partial charge on any atom is -0.494 e. The second kappa shape index (κ2) is 5.14. The summed E-state index contributed by atoms with van der Waals surface area (Å²) in [6.45, 7) is 5.37. The summed E-state index contributed by atoms with van der Waals surface area (Å²) in [5.41, 5.74) is 0.956. The van der Waals surface area contributed by atoms with E-state index in [9.17, 15) is 4.39 Å². The minimum atomic E-state index is -0.323. The first-order valence-corrected chi connectivity index (χ1v) is 6.35. The van der Waals surface area contributed by atoms with E-state index < -0.39 is 0 Å². The Morgan fingerprint density at radius 2 is 2.22 bits per heavy atom. The predicted octanol–water partition coefficient (Wildman–Crippen LogP) is 2.78. The van der Waals surface area contributed by atoms with Crippen LogP contribution in [0.4, 0.5) is 10.1 Å². The fraction of sp³-hybridized carbons (Fsp3) is 0.571. The Bertz CT molecular complexity index is 420. The van der Waals surface area contributed by atoms with Gasteiger partial charge in [0.15, 0.2) is 11.6 Å². The van der Waals surface area contributed by atoms with Crippen molar-refractivity contribution < 1.29 is 9.13 Å². The van der Waals surface area contributed by atoms with Crippen molar-refractivity contribution in [3.05, 3.63) is 24.0 Å². The Balaban J connectivity index is 2.03. The van der Waals surface area contributed by atoms with Crippen molar-refractivity contribution >= 4 is 5.69 Å². The normalized spacial score (nSPS) is 22.6. The summed E-state index contributed by atoms with van der Waals surface area (Å²) in [5, 5.41) is 6.86. The molecule has 1 heterocycles. The highest BCUT2D eigenvalue weighted by Crippen LogP contribution is 2.25. The van der Waals surface area contributed by atoms with E-state index in [0.29, 0.717) is 6.04 Å². The van der Waals surface area contributed by atoms with Crippen molar-refractivity contribution in [1.29, 1.82) is 0 Å². The van der Waals surface area contributed by atoms with Crippen LogP contribution < -0.4 is 15.4 Å². The number of methoxy groups -OCH3 is 1. The van der Waals surface area contributed by atoms with Crippen LogP contribution in [0.3, 0.4) is 0 Å². The smallest absolute Gasteiger partial charge is 0.167 e. The topological polar surface area (TPSA) is 33.3 Å². The van der Waals surface area contributed by atoms with Crippen molar-refractivity contribution in [1.82, 2.24) is 5.32 Å². The van der Waals surface area contributed by atoms with Crippen molar-refractivity contribution in [2.24, 2.45) is 0 Å². The first kappa shape index (κ1) is 13.1. The lowest BCUT2D eigenvalue weighted by atomic mass is 9.89. The number of ether oxygens (including phenoxy) is 1. The van der Waals surface area contributed by atoms with Crippen molar-refractivity contribution in [2.75, 3.05) is 19.0 Å². The van der Waals surface area contributed by atoms with Gasteiger partial charge in [0.25, 0.3) is 0 Å². The van der Waals surface area contributed by atoms with Crippen molar-refractivity contribution in [3.8, 4) is 5.75 Å². The van der Waals surface area contributed by atoms with Crippen LogP contribution in [0.15, 0.2) is 18.2 Å². The molecular formula is C14H21FN2O. The van der Waals surface area contributed by atoms with E-state index in [1.807, 2.05) is 6.07 Å². The van der Waals surface area contributed by atoms with Crippen LogP contribution in [0.1, 0.15) is 26.7 Å². The Hall–Kier alpha value is -1.29. The molecule has 0 bridgehead atoms. The van der Waals surface area contributed by atoms with Crippen LogP contribution in [0, 0.1) is 5.82 Å². The first-order chi connectivity index (χ1) is 8.50. The number of halogens is 1. The fourth-order valence-corrected chi connectivity index (χ4v) is 2.49. The molecule has 0 saturated carbocycles. The summed E-state index contributed by atoms with van der Waals surface area (Å²) < 4.78 is 18.5. The average molecular weight is 252 g/mol. The first-order valence-electron chi connectivity index (χ1n) is 6.35. The number of anilines is 1. The van der Waals surface area contributed by atoms with E-state index in [2.05, 4.69) is 24.5 Å². The summed E-state index contributed by atoms with van der Waals surface area (Å²) in [5.74, 6) is -0.0399. The third kappa shape index (κ3) is 3.13. The maximum atomic E-state index is 13.6. The summed E-state index contributed by atoms with van der Waals surface area (Å²) >= 11 is 0. The van der Waals surface area contributed by atoms with E-state index >= 15 is 0 Å². The van der Waals surface area contributed by atoms with Gasteiger partial charge in [0, 0.05) is 23.3 Å². The molecule has 1 unspecified atom stereocenters. The Morgan fingerprint density at radius 1 is 1.44 bits per heavy atom. The van der Waals surface area contributed by atoms with Gasteiger partial charge in [-0.25, -0.2) is 4.39 Å². The average Bonchev–Trinajstić information content (AvgIpc) is 2.28. The third-order valence-corrected chi connectivity index (χ3v) is 3.38. The summed E-state index contributed by atoms with van der Waals surface area (Å²) in [6, 6.07) is 5.39. The van der Waals surface area contributed by atoms with Crippen LogP contribution in [0.25, 0.3) is 0 Å². The fourth-order valence-electron chi connectivity index (χ4n) is 2.49. The summed E-state index contributed by atoms with van der Waals surface area (Å²) in [6.07, 6.45) is 2.08. The number of benzene rings is 1. The van der Waals surface area contributed by atoms with E-state index in [-0.39, 0.29) is 17.1 Å². The van der Waals surface area contributed by atoms with Crippen molar-refractivity contribution in [3.63, 3.8) is 0 Å². The summed E-state index contributed by atoms with van der Waals surface area (Å²) in [4.78, 5) is 0. The molecule has 2 rings (SSSR count). The molecule has 0 aromatic heterocycles. The molecule has 1 atom stereocenters. The van der Waals surface area contributed by atoms with Gasteiger partial charge in [0.1, 0.15) is 0 Å². The Kier molecular flexibility index (Phi) is 3.76. The second-order valence-corrected chi connectivity index (χ2v) is 5.49. The zero-order chi connectivity index (χ0) is 13.2. The Labute approximate surface area is 108 Å². The van der Waals surface area contributed by atoms with Gasteiger partial charge in [-0.1, -0.05) is 0 Å². The SMILES string of the molecule is COc1ccc(NC2CCNC(C)(C)C2)cc1F. The minimum absolute atomic E-state index is 0.140. The molecule has 2 N–H and O–H groups in total. The maximum Gasteiger partial charge on any atom is 0.167 e. The lowest BCUT2D eigenvalue weighted by Gasteiger charge is -2.37. The second-order valence-electron chi connectivity index (χ2n) is 5.49. The number of hydrogen-bond acceptors (Lipinski definition) is 3. The molecule has 0 radical (unpaired) electrons. The van der Waals surface area contributed by atoms with E-state index in [1.54, 1.807) is 6.07 Å². The summed E-state index contributed by atoms with van der Waals surface area (Å²) in [7, 11) is 1.47. The molecule has 3 nitrogen and oxygen atoms in total. The predicted molar refractivity (Wildman–Crippen MR) is 71.7 cm³/mol. The molecule has 0 amide bonds. The van der Waals surface area contributed by atoms with Crippen LogP contribution in [-0.4, -0.2) is 25.2 Å². The van der Waals surface area contributed by atoms with Gasteiger partial charge in [0.05, 0.1) is 7.11 Å². The van der Waals surface area contributed by atoms with Crippen LogP contribution >= 0.6 is 0 Å². The molecule has 0 aliphatic carbocycles. The number of hydrogen-bond donors (Lipinski definition) is 2. The monoisotopic (exact) mass is 252 g/mol. The van der Waals surface area contributed by atoms with E-state index in [0.717, 1.165) is 25.1 Å². The molecule has 1 aromatic rings. The van der Waals surface area contributed by atoms with Gasteiger partial charge in [-0.2, -0.15) is 0 Å². The van der Waals surface area contributed by atoms with Gasteiger partial charge in [-0.3, -0.25) is 0 Å². The number of piperidine rings is 1. The highest BCUT2D eigenvalue weighted by atomic mass is 19.1. The lowest BCUT2D eigenvalue weighted by molar-refractivity contribution is 0.286. The molecule has 18 heavy (non-hydrogen) atoms. The Morgan fingerprint density at radius 3 is 2.83 bits per heavy atom. The molecule has 0 spiro atoms. The molecule has 1 saturated heterocycles. The zero-order valence-corrected chi connectivity index (χ0v) is 11.2. The lowest BCUT2D eigenvalue weighted by Crippen LogP contribution is -2.50. The van der Waals surface area contributed by atoms with Crippen LogP contribution in [-0.2, 0) is 0 Å².